The van der Waals surface area contributed by atoms with Gasteiger partial charge in [0.1, 0.15) is 11.5 Å². The second-order valence-corrected chi connectivity index (χ2v) is 20.9. The summed E-state index contributed by atoms with van der Waals surface area (Å²) < 4.78 is 10.3. The van der Waals surface area contributed by atoms with Crippen molar-refractivity contribution in [2.45, 2.75) is 167 Å². The molecule has 422 valence electrons. The van der Waals surface area contributed by atoms with Gasteiger partial charge in [0.25, 0.3) is 0 Å². The summed E-state index contributed by atoms with van der Waals surface area (Å²) in [5.74, 6) is 2.97. The summed E-state index contributed by atoms with van der Waals surface area (Å²) in [5, 5.41) is 34.9. The average Bonchev–Trinajstić information content (AvgIpc) is 3.35. The Morgan fingerprint density at radius 1 is 0.493 bits per heavy atom. The highest BCUT2D eigenvalue weighted by molar-refractivity contribution is 5.80. The third-order valence-corrected chi connectivity index (χ3v) is 11.2. The zero-order valence-corrected chi connectivity index (χ0v) is 48.0. The van der Waals surface area contributed by atoms with E-state index in [4.69, 9.17) is 19.7 Å². The molecule has 3 aromatic rings. The summed E-state index contributed by atoms with van der Waals surface area (Å²) in [7, 11) is 3.26. The highest BCUT2D eigenvalue weighted by Gasteiger charge is 2.29. The molecule has 0 radical (unpaired) electrons. The quantitative estimate of drug-likeness (QED) is 0.0630. The lowest BCUT2D eigenvalue weighted by molar-refractivity contribution is -0.126. The molecule has 75 heavy (non-hydrogen) atoms. The Balaban J connectivity index is 0.000000882. The minimum Gasteiger partial charge on any atom is -0.497 e. The van der Waals surface area contributed by atoms with Gasteiger partial charge in [0.2, 0.25) is 35.4 Å². The third-order valence-electron chi connectivity index (χ3n) is 11.2. The van der Waals surface area contributed by atoms with Gasteiger partial charge >= 0.3 is 0 Å². The number of hydrogen-bond donors (Lipinski definition) is 8. The number of pyridine rings is 1. The maximum atomic E-state index is 11.4. The van der Waals surface area contributed by atoms with Gasteiger partial charge in [-0.25, -0.2) is 0 Å². The number of rotatable bonds is 18. The lowest BCUT2D eigenvalue weighted by atomic mass is 9.89. The number of ether oxygens (including phenoxy) is 2. The molecule has 0 bridgehead atoms. The molecule has 2 aromatic carbocycles. The van der Waals surface area contributed by atoms with Crippen LogP contribution in [0.15, 0.2) is 73.1 Å². The minimum absolute atomic E-state index is 0.0136. The minimum atomic E-state index is -0.188. The van der Waals surface area contributed by atoms with E-state index in [-0.39, 0.29) is 95.2 Å². The van der Waals surface area contributed by atoms with E-state index >= 15 is 0 Å². The largest absolute Gasteiger partial charge is 0.497 e. The van der Waals surface area contributed by atoms with Crippen LogP contribution in [0.4, 0.5) is 0 Å². The maximum Gasteiger partial charge on any atom is 0.222 e. The van der Waals surface area contributed by atoms with E-state index in [1.807, 2.05) is 144 Å². The van der Waals surface area contributed by atoms with Crippen molar-refractivity contribution in [1.82, 2.24) is 36.9 Å². The standard InChI is InChI=1S/2C12H17NO2.C10H14N2O.2C8H15NO2.C8H17NO/c1-9(2)12(14)13-8-10-5-4-6-11(7-10)15-3;1-9(2)12(14)13-8-10-6-4-5-7-11(10)15-3;1-8(2)10(13)12-7-9-3-5-11-6-4-9;2*1-5(2)8(11)9-6-3-7(10)4-6;1-6(2)5-9-8(10)7(3)4/h2*4-7,9H,8H2,1-3H3,(H,13,14);3-6,8H,7H2,1-2H3,(H,12,13);2*5-7,10H,3-4H2,1-2H3,(H,9,11);6-7H,5H2,1-4H3,(H,9,10). The zero-order valence-electron chi connectivity index (χ0n) is 48.0. The maximum absolute atomic E-state index is 11.4. The fourth-order valence-electron chi connectivity index (χ4n) is 5.96. The van der Waals surface area contributed by atoms with Crippen molar-refractivity contribution < 1.29 is 48.5 Å². The van der Waals surface area contributed by atoms with E-state index in [2.05, 4.69) is 50.7 Å². The smallest absolute Gasteiger partial charge is 0.222 e. The predicted octanol–water partition coefficient (Wildman–Crippen LogP) is 7.27. The van der Waals surface area contributed by atoms with Crippen LogP contribution in [0.2, 0.25) is 0 Å². The fourth-order valence-corrected chi connectivity index (χ4v) is 5.96. The van der Waals surface area contributed by atoms with E-state index in [1.165, 1.54) is 0 Å². The fraction of sp³-hybridized carbons (Fsp3) is 0.603. The lowest BCUT2D eigenvalue weighted by Gasteiger charge is -2.32. The van der Waals surface area contributed by atoms with Crippen LogP contribution in [0.25, 0.3) is 0 Å². The number of nitrogens with one attached hydrogen (secondary N) is 6. The molecule has 6 amide bonds. The molecule has 17 nitrogen and oxygen atoms in total. The van der Waals surface area contributed by atoms with E-state index in [1.54, 1.807) is 26.6 Å². The molecule has 0 spiro atoms. The number of nitrogens with zero attached hydrogens (tertiary/aromatic N) is 1. The molecule has 17 heteroatoms. The van der Waals surface area contributed by atoms with Crippen LogP contribution in [0, 0.1) is 41.4 Å². The Bertz CT molecular complexity index is 2050. The molecular weight excluding hydrogens is 955 g/mol. The summed E-state index contributed by atoms with van der Waals surface area (Å²) in [6, 6.07) is 19.6. The first-order valence-electron chi connectivity index (χ1n) is 26.4. The predicted molar refractivity (Wildman–Crippen MR) is 297 cm³/mol. The van der Waals surface area contributed by atoms with Gasteiger partial charge in [0.15, 0.2) is 0 Å². The van der Waals surface area contributed by atoms with E-state index in [9.17, 15) is 28.8 Å². The summed E-state index contributed by atoms with van der Waals surface area (Å²) in [6.07, 6.45) is 5.95. The van der Waals surface area contributed by atoms with Crippen molar-refractivity contribution in [3.63, 3.8) is 0 Å². The summed E-state index contributed by atoms with van der Waals surface area (Å²) in [6.45, 7) is 29.1. The van der Waals surface area contributed by atoms with Gasteiger partial charge in [-0.1, -0.05) is 127 Å². The molecule has 2 aliphatic rings. The molecule has 2 aliphatic carbocycles. The number of aromatic nitrogens is 1. The van der Waals surface area contributed by atoms with Crippen LogP contribution in [0.1, 0.15) is 139 Å². The number of para-hydroxylation sites is 1. The molecule has 0 saturated heterocycles. The second-order valence-electron chi connectivity index (χ2n) is 20.9. The molecule has 0 aliphatic heterocycles. The molecule has 1 aromatic heterocycles. The van der Waals surface area contributed by atoms with E-state index < -0.39 is 0 Å². The van der Waals surface area contributed by atoms with Gasteiger partial charge < -0.3 is 51.6 Å². The van der Waals surface area contributed by atoms with Gasteiger partial charge in [0.05, 0.1) is 26.4 Å². The SMILES string of the molecule is CC(C)C(=O)NC1CC(O)C1.CC(C)C(=O)NC1CC(O)C1.CC(C)C(=O)NCc1ccncc1.CC(C)CNC(=O)C(C)C.COc1cccc(CNC(=O)C(C)C)c1.COc1ccccc1CNC(=O)C(C)C. The second kappa shape index (κ2) is 38.5. The van der Waals surface area contributed by atoms with Crippen LogP contribution < -0.4 is 41.4 Å². The van der Waals surface area contributed by atoms with Crippen molar-refractivity contribution in [3.8, 4) is 11.5 Å². The van der Waals surface area contributed by atoms with Crippen molar-refractivity contribution >= 4 is 35.4 Å². The normalized spacial score (nSPS) is 16.0. The van der Waals surface area contributed by atoms with Gasteiger partial charge in [-0.15, -0.1) is 0 Å². The van der Waals surface area contributed by atoms with Crippen molar-refractivity contribution in [2.24, 2.45) is 41.4 Å². The molecule has 5 rings (SSSR count). The number of methoxy groups -OCH3 is 2. The molecule has 1 heterocycles. The van der Waals surface area contributed by atoms with Gasteiger partial charge in [-0.05, 0) is 73.1 Å². The van der Waals surface area contributed by atoms with Gasteiger partial charge in [0, 0.05) is 91.7 Å². The average molecular weight is 1050 g/mol. The van der Waals surface area contributed by atoms with Crippen LogP contribution in [-0.2, 0) is 48.4 Å². The number of hydrogen-bond acceptors (Lipinski definition) is 11. The van der Waals surface area contributed by atoms with Crippen LogP contribution in [0.3, 0.4) is 0 Å². The Kier molecular flexibility index (Phi) is 35.4. The van der Waals surface area contributed by atoms with Gasteiger partial charge in [-0.3, -0.25) is 33.8 Å². The number of carbonyl (C=O) groups excluding carboxylic acids is 6. The summed E-state index contributed by atoms with van der Waals surface area (Å²) in [5.41, 5.74) is 3.11. The summed E-state index contributed by atoms with van der Waals surface area (Å²) in [4.78, 5) is 70.8. The Labute approximate surface area is 449 Å². The first-order valence-corrected chi connectivity index (χ1v) is 26.4. The van der Waals surface area contributed by atoms with Crippen molar-refractivity contribution in [2.75, 3.05) is 20.8 Å². The highest BCUT2D eigenvalue weighted by atomic mass is 16.5. The van der Waals surface area contributed by atoms with Gasteiger partial charge in [-0.2, -0.15) is 0 Å². The van der Waals surface area contributed by atoms with Crippen molar-refractivity contribution in [1.29, 1.82) is 0 Å². The summed E-state index contributed by atoms with van der Waals surface area (Å²) >= 11 is 0. The van der Waals surface area contributed by atoms with Crippen LogP contribution in [-0.4, -0.2) is 95.7 Å². The number of benzene rings is 2. The topological polar surface area (TPSA) is 246 Å². The number of aliphatic hydroxyl groups excluding tert-OH is 2. The van der Waals surface area contributed by atoms with E-state index in [0.29, 0.717) is 25.6 Å². The van der Waals surface area contributed by atoms with Crippen molar-refractivity contribution in [3.05, 3.63) is 89.7 Å². The molecule has 0 atom stereocenters. The molecule has 2 fully saturated rings. The zero-order chi connectivity index (χ0) is 57.2. The Hall–Kier alpha value is -6.07. The third kappa shape index (κ3) is 32.8. The molecular formula is C58H95N7O10. The first kappa shape index (κ1) is 68.9. The molecule has 8 N–H and O–H groups in total. The monoisotopic (exact) mass is 1050 g/mol. The molecule has 2 saturated carbocycles. The molecule has 0 unspecified atom stereocenters. The Morgan fingerprint density at radius 2 is 0.893 bits per heavy atom. The van der Waals surface area contributed by atoms with Crippen LogP contribution >= 0.6 is 0 Å². The lowest BCUT2D eigenvalue weighted by Crippen LogP contribution is -2.47. The Morgan fingerprint density at radius 3 is 1.28 bits per heavy atom. The van der Waals surface area contributed by atoms with Crippen LogP contribution in [0.5, 0.6) is 11.5 Å². The number of carbonyl (C=O) groups is 6. The van der Waals surface area contributed by atoms with E-state index in [0.717, 1.165) is 60.4 Å². The number of amides is 6. The number of aliphatic hydroxyl groups is 2. The highest BCUT2D eigenvalue weighted by Crippen LogP contribution is 2.21. The first-order chi connectivity index (χ1) is 35.2.